The minimum absolute atomic E-state index is 0.0439. The van der Waals surface area contributed by atoms with E-state index >= 15 is 0 Å². The highest BCUT2D eigenvalue weighted by molar-refractivity contribution is 5.79. The molecule has 2 atom stereocenters. The zero-order chi connectivity index (χ0) is 39.7. The summed E-state index contributed by atoms with van der Waals surface area (Å²) in [6.45, 7) is 5.44. The Morgan fingerprint density at radius 2 is 1.09 bits per heavy atom. The number of aryl methyl sites for hydroxylation is 2. The number of carbonyl (C=O) groups is 4. The summed E-state index contributed by atoms with van der Waals surface area (Å²) in [6.07, 6.45) is -0.637. The van der Waals surface area contributed by atoms with Gasteiger partial charge in [-0.3, -0.25) is 9.59 Å². The molecule has 0 aliphatic heterocycles. The molecule has 0 unspecified atom stereocenters. The van der Waals surface area contributed by atoms with Crippen LogP contribution in [-0.2, 0) is 49.9 Å². The first-order chi connectivity index (χ1) is 26.9. The van der Waals surface area contributed by atoms with Crippen molar-refractivity contribution >= 4 is 46.2 Å². The molecular weight excluding hydrogens is 716 g/mol. The number of nitrogens with one attached hydrogen (secondary N) is 4. The third kappa shape index (κ3) is 11.2. The minimum atomic E-state index is -1.10. The van der Waals surface area contributed by atoms with Crippen molar-refractivity contribution in [3.05, 3.63) is 131 Å². The molecule has 0 aliphatic rings. The summed E-state index contributed by atoms with van der Waals surface area (Å²) in [6, 6.07) is 28.3. The minimum Gasteiger partial charge on any atom is -0.481 e. The number of ether oxygens (including phenoxy) is 3. The van der Waals surface area contributed by atoms with Gasteiger partial charge in [0.1, 0.15) is 42.5 Å². The van der Waals surface area contributed by atoms with Crippen molar-refractivity contribution < 1.29 is 38.5 Å². The molecule has 0 saturated heterocycles. The molecule has 0 radical (unpaired) electrons. The van der Waals surface area contributed by atoms with Gasteiger partial charge < -0.3 is 39.9 Å². The Morgan fingerprint density at radius 1 is 0.643 bits per heavy atom. The number of esters is 1. The van der Waals surface area contributed by atoms with Gasteiger partial charge >= 0.3 is 24.1 Å². The summed E-state index contributed by atoms with van der Waals surface area (Å²) in [5.74, 6) is -0.902. The van der Waals surface area contributed by atoms with E-state index in [1.807, 2.05) is 97.1 Å². The van der Waals surface area contributed by atoms with Crippen molar-refractivity contribution in [2.45, 2.75) is 77.4 Å². The zero-order valence-corrected chi connectivity index (χ0v) is 31.3. The molecule has 0 bridgehead atoms. The average molecular weight is 761 g/mol. The van der Waals surface area contributed by atoms with Crippen molar-refractivity contribution in [2.24, 2.45) is 0 Å². The molecule has 0 fully saturated rings. The molecule has 4 aromatic carbocycles. The largest absolute Gasteiger partial charge is 0.481 e. The third-order valence-corrected chi connectivity index (χ3v) is 8.67. The van der Waals surface area contributed by atoms with Gasteiger partial charge in [-0.15, -0.1) is 0 Å². The van der Waals surface area contributed by atoms with E-state index in [1.54, 1.807) is 20.8 Å². The van der Waals surface area contributed by atoms with Crippen LogP contribution in [0.3, 0.4) is 0 Å². The number of amides is 2. The van der Waals surface area contributed by atoms with E-state index in [-0.39, 0.29) is 26.1 Å². The fourth-order valence-corrected chi connectivity index (χ4v) is 6.05. The second-order valence-electron chi connectivity index (χ2n) is 14.4. The Morgan fingerprint density at radius 3 is 1.52 bits per heavy atom. The molecule has 56 heavy (non-hydrogen) atoms. The van der Waals surface area contributed by atoms with Crippen LogP contribution in [0.1, 0.15) is 79.6 Å². The van der Waals surface area contributed by atoms with Crippen molar-refractivity contribution in [2.75, 3.05) is 0 Å². The molecule has 6 rings (SSSR count). The lowest BCUT2D eigenvalue weighted by atomic mass is 10.0. The van der Waals surface area contributed by atoms with Crippen molar-refractivity contribution in [3.8, 4) is 0 Å². The van der Waals surface area contributed by atoms with Crippen LogP contribution in [0.25, 0.3) is 22.1 Å². The summed E-state index contributed by atoms with van der Waals surface area (Å²) in [4.78, 5) is 65.7. The van der Waals surface area contributed by atoms with Crippen LogP contribution in [0, 0.1) is 0 Å². The number of aromatic amines is 2. The number of benzene rings is 4. The Labute approximate surface area is 323 Å². The van der Waals surface area contributed by atoms with Gasteiger partial charge in [-0.1, -0.05) is 72.8 Å². The number of hydrogen-bond acceptors (Lipinski definition) is 9. The number of aromatic nitrogens is 4. The summed E-state index contributed by atoms with van der Waals surface area (Å²) < 4.78 is 16.3. The Bertz CT molecular complexity index is 2300. The highest BCUT2D eigenvalue weighted by Crippen LogP contribution is 2.24. The maximum Gasteiger partial charge on any atom is 0.408 e. The molecule has 6 aromatic rings. The molecule has 0 spiro atoms. The van der Waals surface area contributed by atoms with Crippen LogP contribution in [0.4, 0.5) is 9.59 Å². The van der Waals surface area contributed by atoms with Gasteiger partial charge in [0.25, 0.3) is 0 Å². The van der Waals surface area contributed by atoms with Gasteiger partial charge in [-0.25, -0.2) is 19.6 Å². The van der Waals surface area contributed by atoms with E-state index in [4.69, 9.17) is 14.2 Å². The summed E-state index contributed by atoms with van der Waals surface area (Å²) in [5, 5.41) is 14.9. The highest BCUT2D eigenvalue weighted by Gasteiger charge is 2.26. The van der Waals surface area contributed by atoms with Gasteiger partial charge in [-0.05, 0) is 80.1 Å². The van der Waals surface area contributed by atoms with Crippen LogP contribution < -0.4 is 10.6 Å². The number of H-pyrrole nitrogens is 2. The molecule has 2 aromatic heterocycles. The maximum absolute atomic E-state index is 12.9. The van der Waals surface area contributed by atoms with E-state index in [9.17, 15) is 24.3 Å². The number of aliphatic carboxylic acids is 1. The molecule has 2 amide bonds. The number of hydrogen-bond donors (Lipinski definition) is 5. The van der Waals surface area contributed by atoms with Gasteiger partial charge in [0.15, 0.2) is 0 Å². The summed E-state index contributed by atoms with van der Waals surface area (Å²) in [5.41, 5.74) is 5.69. The third-order valence-electron chi connectivity index (χ3n) is 8.67. The predicted molar refractivity (Wildman–Crippen MR) is 207 cm³/mol. The van der Waals surface area contributed by atoms with Crippen molar-refractivity contribution in [1.82, 2.24) is 30.6 Å². The van der Waals surface area contributed by atoms with E-state index in [0.717, 1.165) is 27.8 Å². The standard InChI is InChI=1S/C42H44N6O8/c1-42(2,3)56-37(51)23-35(48-41(53)55-25-29-12-8-5-9-13-29)39-44-31-19-17-27(21-33(31)46-39)15-14-26-16-18-30-32(20-26)45-38(43-30)34(22-36(49)50)47-40(52)54-24-28-10-6-4-7-11-28/h4-13,16-21,34-35H,14-15,22-25H2,1-3H3,(H,43,45)(H,44,46)(H,47,52)(H,48,53)(H,49,50)/t34-,35-/m0/s1. The second kappa shape index (κ2) is 17.6. The lowest BCUT2D eigenvalue weighted by Crippen LogP contribution is -2.33. The zero-order valence-electron chi connectivity index (χ0n) is 31.3. The number of rotatable bonds is 15. The molecule has 0 saturated carbocycles. The van der Waals surface area contributed by atoms with E-state index in [2.05, 4.69) is 30.6 Å². The molecule has 290 valence electrons. The van der Waals surface area contributed by atoms with Gasteiger partial charge in [-0.2, -0.15) is 0 Å². The monoisotopic (exact) mass is 760 g/mol. The number of alkyl carbamates (subject to hydrolysis) is 2. The van der Waals surface area contributed by atoms with Crippen LogP contribution in [-0.4, -0.2) is 54.8 Å². The topological polar surface area (TPSA) is 198 Å². The number of carbonyl (C=O) groups excluding carboxylic acids is 3. The normalized spacial score (nSPS) is 12.5. The quantitative estimate of drug-likeness (QED) is 0.0521. The fourth-order valence-electron chi connectivity index (χ4n) is 6.05. The van der Waals surface area contributed by atoms with Gasteiger partial charge in [0, 0.05) is 0 Å². The number of carboxylic acid groups (broad SMARTS) is 1. The van der Waals surface area contributed by atoms with Crippen molar-refractivity contribution in [3.63, 3.8) is 0 Å². The maximum atomic E-state index is 12.9. The fraction of sp³-hybridized carbons (Fsp3) is 0.286. The lowest BCUT2D eigenvalue weighted by molar-refractivity contribution is -0.155. The second-order valence-corrected chi connectivity index (χ2v) is 14.4. The van der Waals surface area contributed by atoms with Crippen LogP contribution in [0.5, 0.6) is 0 Å². The Kier molecular flexibility index (Phi) is 12.3. The predicted octanol–water partition coefficient (Wildman–Crippen LogP) is 7.37. The van der Waals surface area contributed by atoms with E-state index in [1.165, 1.54) is 0 Å². The van der Waals surface area contributed by atoms with Crippen LogP contribution >= 0.6 is 0 Å². The average Bonchev–Trinajstić information content (AvgIpc) is 3.79. The molecule has 0 aliphatic carbocycles. The van der Waals surface area contributed by atoms with Gasteiger partial charge in [0.05, 0.1) is 34.9 Å². The SMILES string of the molecule is CC(C)(C)OC(=O)C[C@H](NC(=O)OCc1ccccc1)c1nc2ccc(CCc3ccc4nc([C@H](CC(=O)O)NC(=O)OCc5ccccc5)[nH]c4c3)cc2[nH]1. The molecular formula is C42H44N6O8. The number of imidazole rings is 2. The lowest BCUT2D eigenvalue weighted by Gasteiger charge is -2.22. The van der Waals surface area contributed by atoms with Crippen LogP contribution in [0.2, 0.25) is 0 Å². The summed E-state index contributed by atoms with van der Waals surface area (Å²) >= 11 is 0. The van der Waals surface area contributed by atoms with Crippen LogP contribution in [0.15, 0.2) is 97.1 Å². The number of carboxylic acids is 1. The number of fused-ring (bicyclic) bond motifs is 2. The molecule has 14 heteroatoms. The van der Waals surface area contributed by atoms with E-state index in [0.29, 0.717) is 41.0 Å². The first kappa shape index (κ1) is 39.0. The Hall–Kier alpha value is -6.70. The molecule has 14 nitrogen and oxygen atoms in total. The highest BCUT2D eigenvalue weighted by atomic mass is 16.6. The Balaban J connectivity index is 1.11. The first-order valence-corrected chi connectivity index (χ1v) is 18.2. The van der Waals surface area contributed by atoms with Crippen molar-refractivity contribution in [1.29, 1.82) is 0 Å². The smallest absolute Gasteiger partial charge is 0.408 e. The number of nitrogens with zero attached hydrogens (tertiary/aromatic N) is 2. The first-order valence-electron chi connectivity index (χ1n) is 18.2. The van der Waals surface area contributed by atoms with E-state index < -0.39 is 41.8 Å². The molecule has 2 heterocycles. The van der Waals surface area contributed by atoms with Gasteiger partial charge in [0.2, 0.25) is 0 Å². The molecule has 5 N–H and O–H groups in total. The summed E-state index contributed by atoms with van der Waals surface area (Å²) in [7, 11) is 0.